The summed E-state index contributed by atoms with van der Waals surface area (Å²) in [5, 5.41) is 21.7. The van der Waals surface area contributed by atoms with E-state index in [0.29, 0.717) is 5.02 Å². The van der Waals surface area contributed by atoms with Gasteiger partial charge in [0, 0.05) is 25.7 Å². The van der Waals surface area contributed by atoms with E-state index in [4.69, 9.17) is 16.7 Å². The number of nitrogens with zero attached hydrogens (tertiary/aromatic N) is 1. The fourth-order valence-electron chi connectivity index (χ4n) is 1.33. The molecule has 0 radical (unpaired) electrons. The summed E-state index contributed by atoms with van der Waals surface area (Å²) in [6.07, 6.45) is -0.769. The van der Waals surface area contributed by atoms with E-state index in [9.17, 15) is 5.11 Å². The first-order valence-electron chi connectivity index (χ1n) is 5.04. The maximum absolute atomic E-state index is 9.26. The molecule has 1 aromatic rings. The number of rotatable bonds is 5. The lowest BCUT2D eigenvalue weighted by Gasteiger charge is -2.19. The first-order valence-corrected chi connectivity index (χ1v) is 5.42. The first kappa shape index (κ1) is 13.1. The summed E-state index contributed by atoms with van der Waals surface area (Å²) in [4.78, 5) is 1.95. The van der Waals surface area contributed by atoms with E-state index in [1.807, 2.05) is 31.1 Å². The largest absolute Gasteiger partial charge is 0.394 e. The van der Waals surface area contributed by atoms with Crippen LogP contribution in [0.4, 0.5) is 11.4 Å². The van der Waals surface area contributed by atoms with Gasteiger partial charge in [0.15, 0.2) is 0 Å². The Morgan fingerprint density at radius 3 is 2.69 bits per heavy atom. The van der Waals surface area contributed by atoms with Crippen molar-refractivity contribution >= 4 is 23.0 Å². The molecule has 1 atom stereocenters. The van der Waals surface area contributed by atoms with E-state index < -0.39 is 6.10 Å². The lowest BCUT2D eigenvalue weighted by molar-refractivity contribution is 0.105. The van der Waals surface area contributed by atoms with Gasteiger partial charge in [0.2, 0.25) is 0 Å². The van der Waals surface area contributed by atoms with Gasteiger partial charge in [-0.3, -0.25) is 0 Å². The molecule has 0 bridgehead atoms. The van der Waals surface area contributed by atoms with Gasteiger partial charge in [-0.15, -0.1) is 0 Å². The molecule has 0 aliphatic rings. The van der Waals surface area contributed by atoms with E-state index in [1.54, 1.807) is 6.07 Å². The quantitative estimate of drug-likeness (QED) is 0.728. The topological polar surface area (TPSA) is 55.7 Å². The molecule has 90 valence electrons. The fourth-order valence-corrected chi connectivity index (χ4v) is 1.50. The van der Waals surface area contributed by atoms with Crippen LogP contribution in [0.15, 0.2) is 18.2 Å². The van der Waals surface area contributed by atoms with Crippen molar-refractivity contribution in [1.82, 2.24) is 0 Å². The number of halogens is 1. The Hall–Kier alpha value is -0.970. The van der Waals surface area contributed by atoms with Gasteiger partial charge >= 0.3 is 0 Å². The first-order chi connectivity index (χ1) is 7.54. The van der Waals surface area contributed by atoms with Gasteiger partial charge in [-0.2, -0.15) is 0 Å². The van der Waals surface area contributed by atoms with Crippen LogP contribution in [-0.2, 0) is 0 Å². The second-order valence-corrected chi connectivity index (χ2v) is 4.21. The third-order valence-electron chi connectivity index (χ3n) is 2.18. The van der Waals surface area contributed by atoms with Crippen LogP contribution in [0, 0.1) is 0 Å². The highest BCUT2D eigenvalue weighted by Gasteiger charge is 2.07. The molecule has 0 fully saturated rings. The fraction of sp³-hybridized carbons (Fsp3) is 0.455. The number of aliphatic hydroxyl groups excluding tert-OH is 2. The van der Waals surface area contributed by atoms with E-state index >= 15 is 0 Å². The van der Waals surface area contributed by atoms with Crippen molar-refractivity contribution in [1.29, 1.82) is 0 Å². The maximum Gasteiger partial charge on any atom is 0.0942 e. The summed E-state index contributed by atoms with van der Waals surface area (Å²) in [5.41, 5.74) is 1.82. The molecule has 0 spiro atoms. The predicted octanol–water partition coefficient (Wildman–Crippen LogP) is 1.17. The molecule has 3 N–H and O–H groups in total. The highest BCUT2D eigenvalue weighted by Crippen LogP contribution is 2.27. The van der Waals surface area contributed by atoms with Crippen LogP contribution >= 0.6 is 11.6 Å². The highest BCUT2D eigenvalue weighted by atomic mass is 35.5. The Balaban J connectivity index is 2.80. The molecule has 0 saturated carbocycles. The Labute approximate surface area is 100 Å². The number of aliphatic hydroxyl groups is 2. The van der Waals surface area contributed by atoms with Gasteiger partial charge in [-0.25, -0.2) is 0 Å². The van der Waals surface area contributed by atoms with E-state index in [2.05, 4.69) is 5.32 Å². The van der Waals surface area contributed by atoms with Crippen LogP contribution in [0.5, 0.6) is 0 Å². The SMILES string of the molecule is CN(C)c1ccc(Cl)cc1NCC(O)CO. The lowest BCUT2D eigenvalue weighted by atomic mass is 10.2. The van der Waals surface area contributed by atoms with Gasteiger partial charge in [0.25, 0.3) is 0 Å². The normalized spacial score (nSPS) is 12.3. The smallest absolute Gasteiger partial charge is 0.0942 e. The molecule has 1 unspecified atom stereocenters. The molecular weight excluding hydrogens is 228 g/mol. The molecular formula is C11H17ClN2O2. The Morgan fingerprint density at radius 2 is 2.12 bits per heavy atom. The Morgan fingerprint density at radius 1 is 1.44 bits per heavy atom. The summed E-state index contributed by atoms with van der Waals surface area (Å²) < 4.78 is 0. The zero-order chi connectivity index (χ0) is 12.1. The number of hydrogen-bond acceptors (Lipinski definition) is 4. The summed E-state index contributed by atoms with van der Waals surface area (Å²) in [5.74, 6) is 0. The molecule has 0 aliphatic heterocycles. The molecule has 1 rings (SSSR count). The third kappa shape index (κ3) is 3.56. The van der Waals surface area contributed by atoms with Gasteiger partial charge in [-0.05, 0) is 18.2 Å². The summed E-state index contributed by atoms with van der Waals surface area (Å²) in [6, 6.07) is 5.50. The van der Waals surface area contributed by atoms with Crippen molar-refractivity contribution in [2.45, 2.75) is 6.10 Å². The van der Waals surface area contributed by atoms with Crippen molar-refractivity contribution in [2.24, 2.45) is 0 Å². The number of benzene rings is 1. The predicted molar refractivity (Wildman–Crippen MR) is 67.4 cm³/mol. The van der Waals surface area contributed by atoms with Crippen LogP contribution < -0.4 is 10.2 Å². The minimum atomic E-state index is -0.769. The molecule has 0 amide bonds. The standard InChI is InChI=1S/C11H17ClN2O2/c1-14(2)11-4-3-8(12)5-10(11)13-6-9(16)7-15/h3-5,9,13,15-16H,6-7H2,1-2H3. The molecule has 0 aliphatic carbocycles. The number of anilines is 2. The molecule has 0 heterocycles. The van der Waals surface area contributed by atoms with Gasteiger partial charge in [-0.1, -0.05) is 11.6 Å². The van der Waals surface area contributed by atoms with Crippen molar-refractivity contribution in [2.75, 3.05) is 37.5 Å². The van der Waals surface area contributed by atoms with E-state index in [0.717, 1.165) is 11.4 Å². The maximum atomic E-state index is 9.26. The van der Waals surface area contributed by atoms with Crippen molar-refractivity contribution in [3.05, 3.63) is 23.2 Å². The summed E-state index contributed by atoms with van der Waals surface area (Å²) in [6.45, 7) is 0.0303. The Bertz CT molecular complexity index is 345. The van der Waals surface area contributed by atoms with Gasteiger partial charge in [0.1, 0.15) is 0 Å². The minimum absolute atomic E-state index is 0.259. The van der Waals surface area contributed by atoms with Crippen LogP contribution in [0.2, 0.25) is 5.02 Å². The monoisotopic (exact) mass is 244 g/mol. The van der Waals surface area contributed by atoms with Crippen LogP contribution in [-0.4, -0.2) is 43.6 Å². The summed E-state index contributed by atoms with van der Waals surface area (Å²) in [7, 11) is 3.85. The molecule has 5 heteroatoms. The number of nitrogens with one attached hydrogen (secondary N) is 1. The third-order valence-corrected chi connectivity index (χ3v) is 2.41. The van der Waals surface area contributed by atoms with Crippen LogP contribution in [0.3, 0.4) is 0 Å². The van der Waals surface area contributed by atoms with Crippen LogP contribution in [0.1, 0.15) is 0 Å². The zero-order valence-electron chi connectivity index (χ0n) is 9.44. The average Bonchev–Trinajstić information content (AvgIpc) is 2.25. The van der Waals surface area contributed by atoms with Gasteiger partial charge < -0.3 is 20.4 Å². The summed E-state index contributed by atoms with van der Waals surface area (Å²) >= 11 is 5.90. The van der Waals surface area contributed by atoms with Crippen molar-refractivity contribution < 1.29 is 10.2 Å². The second-order valence-electron chi connectivity index (χ2n) is 3.77. The lowest BCUT2D eigenvalue weighted by Crippen LogP contribution is -2.24. The molecule has 16 heavy (non-hydrogen) atoms. The molecule has 0 aromatic heterocycles. The second kappa shape index (κ2) is 5.94. The van der Waals surface area contributed by atoms with E-state index in [1.165, 1.54) is 0 Å². The number of hydrogen-bond donors (Lipinski definition) is 3. The zero-order valence-corrected chi connectivity index (χ0v) is 10.2. The minimum Gasteiger partial charge on any atom is -0.394 e. The highest BCUT2D eigenvalue weighted by molar-refractivity contribution is 6.31. The van der Waals surface area contributed by atoms with Gasteiger partial charge in [0.05, 0.1) is 24.1 Å². The molecule has 1 aromatic carbocycles. The average molecular weight is 245 g/mol. The van der Waals surface area contributed by atoms with Crippen molar-refractivity contribution in [3.63, 3.8) is 0 Å². The Kier molecular flexibility index (Phi) is 4.86. The molecule has 4 nitrogen and oxygen atoms in total. The molecule has 0 saturated heterocycles. The van der Waals surface area contributed by atoms with Crippen LogP contribution in [0.25, 0.3) is 0 Å². The van der Waals surface area contributed by atoms with Crippen molar-refractivity contribution in [3.8, 4) is 0 Å². The van der Waals surface area contributed by atoms with E-state index in [-0.39, 0.29) is 13.2 Å².